The Bertz CT molecular complexity index is 341. The number of hydrogen-bond donors (Lipinski definition) is 1. The van der Waals surface area contributed by atoms with Crippen LogP contribution in [0.5, 0.6) is 0 Å². The number of rotatable bonds is 2. The van der Waals surface area contributed by atoms with Gasteiger partial charge in [0.1, 0.15) is 11.4 Å². The molecule has 13 heavy (non-hydrogen) atoms. The van der Waals surface area contributed by atoms with Gasteiger partial charge in [-0.2, -0.15) is 0 Å². The summed E-state index contributed by atoms with van der Waals surface area (Å²) >= 11 is 0. The second kappa shape index (κ2) is 3.42. The minimum Gasteiger partial charge on any atom is -0.364 e. The molecule has 0 aliphatic carbocycles. The average Bonchev–Trinajstić information content (AvgIpc) is 2.04. The van der Waals surface area contributed by atoms with Gasteiger partial charge in [-0.25, -0.2) is 18.2 Å². The molecule has 0 fully saturated rings. The number of alkyl halides is 2. The molecule has 1 aromatic heterocycles. The Kier molecular flexibility index (Phi) is 2.50. The van der Waals surface area contributed by atoms with Crippen molar-refractivity contribution in [1.29, 1.82) is 0 Å². The third kappa shape index (κ3) is 1.95. The van der Waals surface area contributed by atoms with E-state index in [-0.39, 0.29) is 5.69 Å². The van der Waals surface area contributed by atoms with Crippen molar-refractivity contribution in [2.24, 2.45) is 5.73 Å². The Morgan fingerprint density at radius 1 is 1.46 bits per heavy atom. The summed E-state index contributed by atoms with van der Waals surface area (Å²) in [5.74, 6) is -2.12. The van der Waals surface area contributed by atoms with Crippen molar-refractivity contribution in [1.82, 2.24) is 4.98 Å². The number of carbonyl (C=O) groups excluding carboxylic acids is 1. The van der Waals surface area contributed by atoms with E-state index in [2.05, 4.69) is 4.98 Å². The maximum Gasteiger partial charge on any atom is 0.283 e. The summed E-state index contributed by atoms with van der Waals surface area (Å²) in [6.45, 7) is 0. The fraction of sp³-hybridized carbons (Fsp3) is 0.143. The zero-order chi connectivity index (χ0) is 10.0. The SMILES string of the molecule is NC(=O)c1ccc(F)c(C(F)F)n1. The number of nitrogens with two attached hydrogens (primary N) is 1. The lowest BCUT2D eigenvalue weighted by atomic mass is 10.3. The fourth-order valence-electron chi connectivity index (χ4n) is 0.748. The van der Waals surface area contributed by atoms with Crippen molar-refractivity contribution < 1.29 is 18.0 Å². The maximum absolute atomic E-state index is 12.6. The van der Waals surface area contributed by atoms with Gasteiger partial charge in [0, 0.05) is 0 Å². The predicted molar refractivity (Wildman–Crippen MR) is 37.7 cm³/mol. The van der Waals surface area contributed by atoms with E-state index < -0.39 is 23.8 Å². The van der Waals surface area contributed by atoms with Gasteiger partial charge in [0.2, 0.25) is 0 Å². The van der Waals surface area contributed by atoms with Crippen molar-refractivity contribution in [3.8, 4) is 0 Å². The van der Waals surface area contributed by atoms with Crippen LogP contribution in [0.25, 0.3) is 0 Å². The minimum atomic E-state index is -3.06. The smallest absolute Gasteiger partial charge is 0.283 e. The Hall–Kier alpha value is -1.59. The zero-order valence-corrected chi connectivity index (χ0v) is 6.30. The molecule has 0 aliphatic rings. The standard InChI is InChI=1S/C7H5F3N2O/c8-3-1-2-4(7(11)13)12-5(3)6(9)10/h1-2,6H,(H2,11,13). The van der Waals surface area contributed by atoms with Gasteiger partial charge in [-0.15, -0.1) is 0 Å². The van der Waals surface area contributed by atoms with Crippen molar-refractivity contribution >= 4 is 5.91 Å². The minimum absolute atomic E-state index is 0.378. The van der Waals surface area contributed by atoms with Gasteiger partial charge in [-0.3, -0.25) is 4.79 Å². The summed E-state index contributed by atoms with van der Waals surface area (Å²) < 4.78 is 36.6. The summed E-state index contributed by atoms with van der Waals surface area (Å²) in [5, 5.41) is 0. The number of halogens is 3. The quantitative estimate of drug-likeness (QED) is 0.763. The van der Waals surface area contributed by atoms with Crippen LogP contribution < -0.4 is 5.73 Å². The summed E-state index contributed by atoms with van der Waals surface area (Å²) in [7, 11) is 0. The third-order valence-electron chi connectivity index (χ3n) is 1.33. The molecule has 0 atom stereocenters. The van der Waals surface area contributed by atoms with Gasteiger partial charge >= 0.3 is 0 Å². The first-order valence-electron chi connectivity index (χ1n) is 3.26. The molecule has 70 valence electrons. The molecular weight excluding hydrogens is 185 g/mol. The largest absolute Gasteiger partial charge is 0.364 e. The van der Waals surface area contributed by atoms with E-state index in [1.165, 1.54) is 0 Å². The van der Waals surface area contributed by atoms with E-state index in [0.717, 1.165) is 12.1 Å². The highest BCUT2D eigenvalue weighted by molar-refractivity contribution is 5.90. The van der Waals surface area contributed by atoms with Gasteiger partial charge in [-0.1, -0.05) is 0 Å². The third-order valence-corrected chi connectivity index (χ3v) is 1.33. The first kappa shape index (κ1) is 9.50. The predicted octanol–water partition coefficient (Wildman–Crippen LogP) is 1.26. The molecular formula is C7H5F3N2O. The Labute approximate surface area is 71.4 Å². The van der Waals surface area contributed by atoms with Gasteiger partial charge in [0.15, 0.2) is 5.82 Å². The summed E-state index contributed by atoms with van der Waals surface area (Å²) in [4.78, 5) is 13.6. The van der Waals surface area contributed by atoms with Crippen LogP contribution in [0.15, 0.2) is 12.1 Å². The summed E-state index contributed by atoms with van der Waals surface area (Å²) in [6, 6.07) is 1.68. The van der Waals surface area contributed by atoms with Crippen LogP contribution in [0.2, 0.25) is 0 Å². The van der Waals surface area contributed by atoms with E-state index in [1.807, 2.05) is 0 Å². The van der Waals surface area contributed by atoms with Crippen molar-refractivity contribution in [3.63, 3.8) is 0 Å². The van der Waals surface area contributed by atoms with Crippen LogP contribution in [0.1, 0.15) is 22.6 Å². The van der Waals surface area contributed by atoms with Gasteiger partial charge in [0.25, 0.3) is 12.3 Å². The highest BCUT2D eigenvalue weighted by Crippen LogP contribution is 2.19. The molecule has 0 bridgehead atoms. The number of pyridine rings is 1. The number of aromatic nitrogens is 1. The molecule has 2 N–H and O–H groups in total. The lowest BCUT2D eigenvalue weighted by Crippen LogP contribution is -2.14. The number of carbonyl (C=O) groups is 1. The molecule has 0 saturated heterocycles. The molecule has 3 nitrogen and oxygen atoms in total. The van der Waals surface area contributed by atoms with Crippen LogP contribution in [0.4, 0.5) is 13.2 Å². The molecule has 0 radical (unpaired) electrons. The number of amides is 1. The molecule has 0 aliphatic heterocycles. The average molecular weight is 190 g/mol. The molecule has 6 heteroatoms. The van der Waals surface area contributed by atoms with Crippen LogP contribution >= 0.6 is 0 Å². The maximum atomic E-state index is 12.6. The van der Waals surface area contributed by atoms with E-state index in [1.54, 1.807) is 0 Å². The molecule has 0 spiro atoms. The fourth-order valence-corrected chi connectivity index (χ4v) is 0.748. The van der Waals surface area contributed by atoms with E-state index >= 15 is 0 Å². The van der Waals surface area contributed by atoms with Crippen LogP contribution in [-0.2, 0) is 0 Å². The molecule has 1 heterocycles. The Morgan fingerprint density at radius 2 is 2.08 bits per heavy atom. The molecule has 1 rings (SSSR count). The molecule has 0 unspecified atom stereocenters. The second-order valence-corrected chi connectivity index (χ2v) is 2.23. The van der Waals surface area contributed by atoms with Crippen molar-refractivity contribution in [2.45, 2.75) is 6.43 Å². The van der Waals surface area contributed by atoms with E-state index in [4.69, 9.17) is 5.73 Å². The van der Waals surface area contributed by atoms with Gasteiger partial charge in [0.05, 0.1) is 0 Å². The van der Waals surface area contributed by atoms with E-state index in [0.29, 0.717) is 0 Å². The van der Waals surface area contributed by atoms with Gasteiger partial charge in [-0.05, 0) is 12.1 Å². The topological polar surface area (TPSA) is 56.0 Å². The number of primary amides is 1. The first-order valence-corrected chi connectivity index (χ1v) is 3.26. The molecule has 1 aromatic rings. The monoisotopic (exact) mass is 190 g/mol. The van der Waals surface area contributed by atoms with Crippen LogP contribution in [0, 0.1) is 5.82 Å². The highest BCUT2D eigenvalue weighted by Gasteiger charge is 2.16. The summed E-state index contributed by atoms with van der Waals surface area (Å²) in [5.41, 5.74) is 3.33. The van der Waals surface area contributed by atoms with E-state index in [9.17, 15) is 18.0 Å². The number of hydrogen-bond acceptors (Lipinski definition) is 2. The lowest BCUT2D eigenvalue weighted by molar-refractivity contribution is 0.0992. The zero-order valence-electron chi connectivity index (χ0n) is 6.30. The Morgan fingerprint density at radius 3 is 2.54 bits per heavy atom. The normalized spacial score (nSPS) is 10.5. The van der Waals surface area contributed by atoms with Crippen LogP contribution in [-0.4, -0.2) is 10.9 Å². The first-order chi connectivity index (χ1) is 6.02. The highest BCUT2D eigenvalue weighted by atomic mass is 19.3. The molecule has 0 saturated carbocycles. The summed E-state index contributed by atoms with van der Waals surface area (Å²) in [6.07, 6.45) is -3.06. The van der Waals surface area contributed by atoms with Gasteiger partial charge < -0.3 is 5.73 Å². The lowest BCUT2D eigenvalue weighted by Gasteiger charge is -2.01. The van der Waals surface area contributed by atoms with Crippen LogP contribution in [0.3, 0.4) is 0 Å². The van der Waals surface area contributed by atoms with Crippen molar-refractivity contribution in [2.75, 3.05) is 0 Å². The number of nitrogens with zero attached hydrogens (tertiary/aromatic N) is 1. The molecule has 1 amide bonds. The molecule has 0 aromatic carbocycles. The second-order valence-electron chi connectivity index (χ2n) is 2.23. The van der Waals surface area contributed by atoms with Crippen molar-refractivity contribution in [3.05, 3.63) is 29.3 Å². The Balaban J connectivity index is 3.19.